The van der Waals surface area contributed by atoms with E-state index in [1.54, 1.807) is 27.4 Å². The van der Waals surface area contributed by atoms with Crippen LogP contribution in [0.5, 0.6) is 17.2 Å². The number of ether oxygens (including phenoxy) is 3. The van der Waals surface area contributed by atoms with Crippen LogP contribution in [0.3, 0.4) is 0 Å². The summed E-state index contributed by atoms with van der Waals surface area (Å²) in [6, 6.07) is 11.0. The van der Waals surface area contributed by atoms with E-state index in [4.69, 9.17) is 14.2 Å². The van der Waals surface area contributed by atoms with Crippen LogP contribution in [0.1, 0.15) is 21.6 Å². The zero-order valence-electron chi connectivity index (χ0n) is 15.5. The van der Waals surface area contributed by atoms with Gasteiger partial charge in [-0.25, -0.2) is 4.79 Å². The Morgan fingerprint density at radius 3 is 2.37 bits per heavy atom. The summed E-state index contributed by atoms with van der Waals surface area (Å²) in [4.78, 5) is 14.6. The van der Waals surface area contributed by atoms with Gasteiger partial charge in [-0.05, 0) is 30.3 Å². The predicted molar refractivity (Wildman–Crippen MR) is 102 cm³/mol. The lowest BCUT2D eigenvalue weighted by Crippen LogP contribution is -2.15. The van der Waals surface area contributed by atoms with E-state index in [9.17, 15) is 9.90 Å². The van der Waals surface area contributed by atoms with Gasteiger partial charge in [-0.3, -0.25) is 0 Å². The standard InChI is InChI=1S/C20H22N2O5/c1-25-13-5-7-18(27-3)12(8-13)10-21-11-16-15-6-4-14(26-2)9-17(15)22-19(16)20(23)24/h4-9,21-22H,10-11H2,1-3H3,(H,23,24). The number of aromatic amines is 1. The summed E-state index contributed by atoms with van der Waals surface area (Å²) >= 11 is 0. The minimum absolute atomic E-state index is 0.170. The number of carboxylic acid groups (broad SMARTS) is 1. The third-order valence-electron chi connectivity index (χ3n) is 4.43. The fourth-order valence-corrected chi connectivity index (χ4v) is 3.07. The molecule has 7 heteroatoms. The highest BCUT2D eigenvalue weighted by Crippen LogP contribution is 2.27. The second-order valence-electron chi connectivity index (χ2n) is 5.98. The van der Waals surface area contributed by atoms with Gasteiger partial charge in [0.1, 0.15) is 22.9 Å². The van der Waals surface area contributed by atoms with E-state index in [-0.39, 0.29) is 5.69 Å². The molecule has 0 aliphatic rings. The highest BCUT2D eigenvalue weighted by atomic mass is 16.5. The Kier molecular flexibility index (Phi) is 5.52. The van der Waals surface area contributed by atoms with Gasteiger partial charge in [0.15, 0.2) is 0 Å². The van der Waals surface area contributed by atoms with Crippen molar-refractivity contribution in [1.82, 2.24) is 10.3 Å². The van der Waals surface area contributed by atoms with Gasteiger partial charge in [-0.2, -0.15) is 0 Å². The Hall–Kier alpha value is -3.19. The first-order valence-electron chi connectivity index (χ1n) is 8.41. The van der Waals surface area contributed by atoms with E-state index < -0.39 is 5.97 Å². The van der Waals surface area contributed by atoms with Crippen molar-refractivity contribution in [3.05, 3.63) is 53.2 Å². The minimum Gasteiger partial charge on any atom is -0.497 e. The van der Waals surface area contributed by atoms with Crippen LogP contribution < -0.4 is 19.5 Å². The molecular formula is C20H22N2O5. The van der Waals surface area contributed by atoms with E-state index in [0.717, 1.165) is 28.0 Å². The quantitative estimate of drug-likeness (QED) is 0.564. The van der Waals surface area contributed by atoms with Crippen LogP contribution >= 0.6 is 0 Å². The minimum atomic E-state index is -0.999. The Balaban J connectivity index is 1.85. The summed E-state index contributed by atoms with van der Waals surface area (Å²) in [5.74, 6) is 1.14. The maximum absolute atomic E-state index is 11.6. The number of rotatable bonds is 8. The van der Waals surface area contributed by atoms with Crippen molar-refractivity contribution < 1.29 is 24.1 Å². The number of fused-ring (bicyclic) bond motifs is 1. The van der Waals surface area contributed by atoms with E-state index in [1.165, 1.54) is 0 Å². The molecule has 3 N–H and O–H groups in total. The lowest BCUT2D eigenvalue weighted by Gasteiger charge is -2.11. The number of aromatic carboxylic acids is 1. The summed E-state index contributed by atoms with van der Waals surface area (Å²) in [6.07, 6.45) is 0. The molecule has 0 aliphatic heterocycles. The van der Waals surface area contributed by atoms with E-state index >= 15 is 0 Å². The highest BCUT2D eigenvalue weighted by Gasteiger charge is 2.17. The molecule has 0 unspecified atom stereocenters. The van der Waals surface area contributed by atoms with Crippen LogP contribution in [0, 0.1) is 0 Å². The number of carboxylic acids is 1. The highest BCUT2D eigenvalue weighted by molar-refractivity contribution is 5.97. The number of methoxy groups -OCH3 is 3. The number of hydrogen-bond acceptors (Lipinski definition) is 5. The Morgan fingerprint density at radius 1 is 1.00 bits per heavy atom. The van der Waals surface area contributed by atoms with Crippen LogP contribution in [0.25, 0.3) is 10.9 Å². The van der Waals surface area contributed by atoms with Crippen molar-refractivity contribution in [2.24, 2.45) is 0 Å². The maximum atomic E-state index is 11.6. The summed E-state index contributed by atoms with van der Waals surface area (Å²) in [6.45, 7) is 0.886. The topological polar surface area (TPSA) is 92.8 Å². The Morgan fingerprint density at radius 2 is 1.70 bits per heavy atom. The first kappa shape index (κ1) is 18.6. The number of carbonyl (C=O) groups is 1. The fraction of sp³-hybridized carbons (Fsp3) is 0.250. The third-order valence-corrected chi connectivity index (χ3v) is 4.43. The van der Waals surface area contributed by atoms with Crippen LogP contribution in [0.15, 0.2) is 36.4 Å². The third kappa shape index (κ3) is 3.83. The molecule has 0 bridgehead atoms. The summed E-state index contributed by atoms with van der Waals surface area (Å²) in [5.41, 5.74) is 2.52. The molecule has 0 saturated carbocycles. The molecule has 0 fully saturated rings. The van der Waals surface area contributed by atoms with Crippen molar-refractivity contribution >= 4 is 16.9 Å². The largest absolute Gasteiger partial charge is 0.497 e. The number of aromatic nitrogens is 1. The lowest BCUT2D eigenvalue weighted by molar-refractivity contribution is 0.0690. The van der Waals surface area contributed by atoms with Gasteiger partial charge in [-0.15, -0.1) is 0 Å². The number of benzene rings is 2. The van der Waals surface area contributed by atoms with Gasteiger partial charge in [-0.1, -0.05) is 0 Å². The second-order valence-corrected chi connectivity index (χ2v) is 5.98. The Bertz CT molecular complexity index is 964. The molecule has 2 aromatic carbocycles. The molecular weight excluding hydrogens is 348 g/mol. The van der Waals surface area contributed by atoms with Crippen LogP contribution in [0.2, 0.25) is 0 Å². The Labute approximate surface area is 156 Å². The SMILES string of the molecule is COc1ccc(OC)c(CNCc2c(C(=O)O)[nH]c3cc(OC)ccc23)c1. The molecule has 3 rings (SSSR count). The van der Waals surface area contributed by atoms with Crippen molar-refractivity contribution in [3.63, 3.8) is 0 Å². The normalized spacial score (nSPS) is 10.8. The van der Waals surface area contributed by atoms with Gasteiger partial charge < -0.3 is 29.6 Å². The summed E-state index contributed by atoms with van der Waals surface area (Å²) < 4.78 is 15.8. The molecule has 1 aromatic heterocycles. The molecule has 0 aliphatic carbocycles. The molecule has 0 atom stereocenters. The molecule has 0 spiro atoms. The van der Waals surface area contributed by atoms with Gasteiger partial charge in [0, 0.05) is 35.7 Å². The predicted octanol–water partition coefficient (Wildman–Crippen LogP) is 3.18. The smallest absolute Gasteiger partial charge is 0.352 e. The van der Waals surface area contributed by atoms with E-state index in [1.807, 2.05) is 30.3 Å². The first-order valence-corrected chi connectivity index (χ1v) is 8.41. The van der Waals surface area contributed by atoms with E-state index in [0.29, 0.717) is 24.4 Å². The van der Waals surface area contributed by atoms with Gasteiger partial charge in [0.25, 0.3) is 0 Å². The summed E-state index contributed by atoms with van der Waals surface area (Å²) in [7, 11) is 4.80. The van der Waals surface area contributed by atoms with Gasteiger partial charge in [0.2, 0.25) is 0 Å². The van der Waals surface area contributed by atoms with Crippen molar-refractivity contribution in [2.45, 2.75) is 13.1 Å². The molecule has 3 aromatic rings. The number of nitrogens with one attached hydrogen (secondary N) is 2. The van der Waals surface area contributed by atoms with Crippen molar-refractivity contribution in [2.75, 3.05) is 21.3 Å². The molecule has 27 heavy (non-hydrogen) atoms. The maximum Gasteiger partial charge on any atom is 0.352 e. The molecule has 1 heterocycles. The van der Waals surface area contributed by atoms with Gasteiger partial charge >= 0.3 is 5.97 Å². The molecule has 0 saturated heterocycles. The fourth-order valence-electron chi connectivity index (χ4n) is 3.07. The molecule has 0 radical (unpaired) electrons. The van der Waals surface area contributed by atoms with Crippen LogP contribution in [0.4, 0.5) is 0 Å². The monoisotopic (exact) mass is 370 g/mol. The lowest BCUT2D eigenvalue weighted by atomic mass is 10.1. The van der Waals surface area contributed by atoms with Crippen molar-refractivity contribution in [3.8, 4) is 17.2 Å². The van der Waals surface area contributed by atoms with E-state index in [2.05, 4.69) is 10.3 Å². The van der Waals surface area contributed by atoms with Crippen LogP contribution in [-0.2, 0) is 13.1 Å². The first-order chi connectivity index (χ1) is 13.1. The molecule has 0 amide bonds. The number of H-pyrrole nitrogens is 1. The van der Waals surface area contributed by atoms with Crippen LogP contribution in [-0.4, -0.2) is 37.4 Å². The second kappa shape index (κ2) is 8.01. The average molecular weight is 370 g/mol. The number of hydrogen-bond donors (Lipinski definition) is 3. The molecule has 7 nitrogen and oxygen atoms in total. The zero-order valence-corrected chi connectivity index (χ0v) is 15.5. The average Bonchev–Trinajstić information content (AvgIpc) is 3.05. The van der Waals surface area contributed by atoms with Gasteiger partial charge in [0.05, 0.1) is 26.8 Å². The summed E-state index contributed by atoms with van der Waals surface area (Å²) in [5, 5.41) is 13.7. The molecule has 142 valence electrons. The van der Waals surface area contributed by atoms with Crippen molar-refractivity contribution in [1.29, 1.82) is 0 Å². The zero-order chi connectivity index (χ0) is 19.4.